The Kier molecular flexibility index (Phi) is 8.48. The number of Topliss-reactive ketones (excluding diaryl/α,β-unsaturated/α-hetero) is 1. The second-order valence-corrected chi connectivity index (χ2v) is 13.3. The number of benzene rings is 1. The minimum atomic E-state index is -1.21. The second kappa shape index (κ2) is 11.2. The number of thiazole rings is 1. The highest BCUT2D eigenvalue weighted by Crippen LogP contribution is 2.46. The number of allylic oxidation sites excluding steroid dienone is 1. The van der Waals surface area contributed by atoms with E-state index in [0.29, 0.717) is 12.8 Å². The molecule has 38 heavy (non-hydrogen) atoms. The summed E-state index contributed by atoms with van der Waals surface area (Å²) < 4.78 is 7.25. The van der Waals surface area contributed by atoms with Gasteiger partial charge in [0.1, 0.15) is 5.78 Å². The van der Waals surface area contributed by atoms with Crippen molar-refractivity contribution >= 4 is 33.2 Å². The number of aliphatic hydroxyl groups excluding tert-OH is 2. The molecule has 3 heterocycles. The van der Waals surface area contributed by atoms with Gasteiger partial charge in [-0.1, -0.05) is 39.3 Å². The van der Waals surface area contributed by atoms with Crippen molar-refractivity contribution in [3.05, 3.63) is 41.4 Å². The summed E-state index contributed by atoms with van der Waals surface area (Å²) in [7, 11) is 0. The molecule has 0 saturated carbocycles. The van der Waals surface area contributed by atoms with E-state index in [9.17, 15) is 19.8 Å². The first-order valence-corrected chi connectivity index (χ1v) is 14.5. The Bertz CT molecular complexity index is 1190. The van der Waals surface area contributed by atoms with Crippen LogP contribution < -0.4 is 5.32 Å². The van der Waals surface area contributed by atoms with Crippen molar-refractivity contribution in [2.45, 2.75) is 103 Å². The van der Waals surface area contributed by atoms with Gasteiger partial charge in [-0.3, -0.25) is 9.59 Å². The summed E-state index contributed by atoms with van der Waals surface area (Å²) in [5, 5.41) is 26.3. The van der Waals surface area contributed by atoms with E-state index in [1.807, 2.05) is 32.0 Å². The van der Waals surface area contributed by atoms with Crippen LogP contribution in [0.2, 0.25) is 0 Å². The van der Waals surface area contributed by atoms with Crippen LogP contribution in [0, 0.1) is 24.2 Å². The topological polar surface area (TPSA) is 112 Å². The van der Waals surface area contributed by atoms with E-state index in [2.05, 4.69) is 23.8 Å². The Morgan fingerprint density at radius 3 is 2.71 bits per heavy atom. The van der Waals surface area contributed by atoms with Gasteiger partial charge in [-0.15, -0.1) is 17.9 Å². The predicted molar refractivity (Wildman–Crippen MR) is 150 cm³/mol. The number of aromatic nitrogens is 1. The summed E-state index contributed by atoms with van der Waals surface area (Å²) in [5.74, 6) is -1.37. The molecule has 2 aliphatic rings. The maximum atomic E-state index is 13.6. The highest BCUT2D eigenvalue weighted by atomic mass is 32.1. The molecule has 0 aliphatic carbocycles. The summed E-state index contributed by atoms with van der Waals surface area (Å²) in [6.45, 7) is 13.1. The molecule has 0 bridgehead atoms. The number of epoxide rings is 1. The van der Waals surface area contributed by atoms with Crippen LogP contribution in [0.1, 0.15) is 82.8 Å². The Morgan fingerprint density at radius 2 is 2.00 bits per heavy atom. The van der Waals surface area contributed by atoms with E-state index in [0.717, 1.165) is 40.1 Å². The Morgan fingerprint density at radius 1 is 1.26 bits per heavy atom. The Balaban J connectivity index is 1.63. The molecular weight excluding hydrogens is 500 g/mol. The number of carbonyl (C=O) groups is 2. The molecule has 3 N–H and O–H groups in total. The molecule has 0 spiro atoms. The van der Waals surface area contributed by atoms with Crippen LogP contribution in [-0.2, 0) is 14.3 Å². The lowest BCUT2D eigenvalue weighted by atomic mass is 9.71. The molecule has 208 valence electrons. The lowest BCUT2D eigenvalue weighted by Crippen LogP contribution is -2.47. The van der Waals surface area contributed by atoms with Gasteiger partial charge >= 0.3 is 0 Å². The minimum absolute atomic E-state index is 0.00902. The predicted octanol–water partition coefficient (Wildman–Crippen LogP) is 5.03. The van der Waals surface area contributed by atoms with Crippen molar-refractivity contribution in [2.24, 2.45) is 17.3 Å². The zero-order chi connectivity index (χ0) is 27.8. The number of aryl methyl sites for hydroxylation is 1. The number of amides is 1. The molecule has 8 heteroatoms. The fourth-order valence-electron chi connectivity index (χ4n) is 5.83. The number of ether oxygens (including phenoxy) is 1. The van der Waals surface area contributed by atoms with Crippen molar-refractivity contribution in [3.8, 4) is 0 Å². The molecule has 0 radical (unpaired) electrons. The fraction of sp³-hybridized carbons (Fsp3) is 0.633. The largest absolute Gasteiger partial charge is 0.392 e. The first-order valence-electron chi connectivity index (χ1n) is 13.7. The molecule has 4 rings (SSSR count). The maximum absolute atomic E-state index is 13.6. The van der Waals surface area contributed by atoms with Gasteiger partial charge in [0.15, 0.2) is 0 Å². The third-order valence-electron chi connectivity index (χ3n) is 8.67. The van der Waals surface area contributed by atoms with Crippen LogP contribution >= 0.6 is 11.3 Å². The lowest BCUT2D eigenvalue weighted by molar-refractivity contribution is -0.144. The van der Waals surface area contributed by atoms with Crippen LogP contribution in [0.15, 0.2) is 30.9 Å². The summed E-state index contributed by atoms with van der Waals surface area (Å²) in [4.78, 5) is 31.5. The molecular formula is C30H42N2O5S. The molecule has 2 saturated heterocycles. The van der Waals surface area contributed by atoms with Gasteiger partial charge in [-0.2, -0.15) is 0 Å². The average Bonchev–Trinajstić information content (AvgIpc) is 3.32. The number of hydrogen-bond donors (Lipinski definition) is 3. The highest BCUT2D eigenvalue weighted by molar-refractivity contribution is 7.18. The number of nitrogens with one attached hydrogen (secondary N) is 1. The summed E-state index contributed by atoms with van der Waals surface area (Å²) in [6.07, 6.45) is 2.73. The standard InChI is InChI=1S/C30H42N2O5S/c1-7-9-20-27(35)17(2)10-8-13-30(6)25(37-30)15-21(19-11-12-23-22(14-19)31-18(3)38-23)32-26(34)16-24(33)29(4,5)28(20)36/h7,11-12,14,17,20-21,24-25,27,33,35H,1,8-10,13,15-16H2,2-6H3,(H,32,34)/t17-,20-,21-,24+,25-,27-,30-/m0/s1. The van der Waals surface area contributed by atoms with E-state index in [4.69, 9.17) is 4.74 Å². The molecule has 1 amide bonds. The van der Waals surface area contributed by atoms with Gasteiger partial charge in [0.2, 0.25) is 5.91 Å². The molecule has 7 atom stereocenters. The monoisotopic (exact) mass is 542 g/mol. The quantitative estimate of drug-likeness (QED) is 0.371. The van der Waals surface area contributed by atoms with Crippen LogP contribution in [0.25, 0.3) is 10.2 Å². The van der Waals surface area contributed by atoms with Gasteiger partial charge in [0, 0.05) is 12.3 Å². The van der Waals surface area contributed by atoms with Crippen molar-refractivity contribution < 1.29 is 24.5 Å². The number of rotatable bonds is 3. The van der Waals surface area contributed by atoms with Gasteiger partial charge in [0.05, 0.1) is 57.0 Å². The lowest BCUT2D eigenvalue weighted by Gasteiger charge is -2.36. The first-order chi connectivity index (χ1) is 17.9. The Hall–Kier alpha value is -2.13. The molecule has 2 fully saturated rings. The van der Waals surface area contributed by atoms with E-state index in [1.165, 1.54) is 0 Å². The van der Waals surface area contributed by atoms with Crippen molar-refractivity contribution in [1.82, 2.24) is 10.3 Å². The molecule has 2 aliphatic heterocycles. The van der Waals surface area contributed by atoms with Crippen LogP contribution in [0.4, 0.5) is 0 Å². The first kappa shape index (κ1) is 28.9. The normalized spacial score (nSPS) is 34.9. The van der Waals surface area contributed by atoms with E-state index in [-0.39, 0.29) is 41.8 Å². The molecule has 1 aromatic heterocycles. The second-order valence-electron chi connectivity index (χ2n) is 12.0. The van der Waals surface area contributed by atoms with E-state index < -0.39 is 23.5 Å². The smallest absolute Gasteiger partial charge is 0.223 e. The number of fused-ring (bicyclic) bond motifs is 2. The number of ketones is 1. The molecule has 2 aromatic rings. The van der Waals surface area contributed by atoms with Gasteiger partial charge in [-0.05, 0) is 56.7 Å². The third-order valence-corrected chi connectivity index (χ3v) is 9.63. The summed E-state index contributed by atoms with van der Waals surface area (Å²) >= 11 is 1.63. The summed E-state index contributed by atoms with van der Waals surface area (Å²) in [6, 6.07) is 5.77. The van der Waals surface area contributed by atoms with Gasteiger partial charge in [0.25, 0.3) is 0 Å². The number of aliphatic hydroxyl groups is 2. The molecule has 0 unspecified atom stereocenters. The fourth-order valence-corrected chi connectivity index (χ4v) is 6.63. The third kappa shape index (κ3) is 6.03. The van der Waals surface area contributed by atoms with Crippen molar-refractivity contribution in [3.63, 3.8) is 0 Å². The van der Waals surface area contributed by atoms with Crippen molar-refractivity contribution in [1.29, 1.82) is 0 Å². The minimum Gasteiger partial charge on any atom is -0.392 e. The maximum Gasteiger partial charge on any atom is 0.223 e. The number of carbonyl (C=O) groups excluding carboxylic acids is 2. The van der Waals surface area contributed by atoms with Crippen LogP contribution in [0.5, 0.6) is 0 Å². The summed E-state index contributed by atoms with van der Waals surface area (Å²) in [5.41, 5.74) is 0.346. The van der Waals surface area contributed by atoms with E-state index in [1.54, 1.807) is 31.3 Å². The van der Waals surface area contributed by atoms with E-state index >= 15 is 0 Å². The van der Waals surface area contributed by atoms with Crippen LogP contribution in [-0.4, -0.2) is 50.8 Å². The van der Waals surface area contributed by atoms with Crippen molar-refractivity contribution in [2.75, 3.05) is 0 Å². The molecule has 7 nitrogen and oxygen atoms in total. The highest BCUT2D eigenvalue weighted by Gasteiger charge is 2.52. The zero-order valence-corrected chi connectivity index (χ0v) is 24.0. The van der Waals surface area contributed by atoms with Gasteiger partial charge < -0.3 is 20.3 Å². The number of nitrogens with zero attached hydrogens (tertiary/aromatic N) is 1. The SMILES string of the molecule is C=CC[C@@H]1C(=O)C(C)(C)[C@H](O)CC(=O)N[C@H](c2ccc3sc(C)nc3c2)C[C@@H]2O[C@@]2(C)CCC[C@H](C)[C@@H]1O. The zero-order valence-electron chi connectivity index (χ0n) is 23.2. The van der Waals surface area contributed by atoms with Crippen LogP contribution in [0.3, 0.4) is 0 Å². The van der Waals surface area contributed by atoms with Gasteiger partial charge in [-0.25, -0.2) is 4.98 Å². The molecule has 1 aromatic carbocycles. The Labute approximate surface area is 229 Å². The average molecular weight is 543 g/mol. The number of hydrogen-bond acceptors (Lipinski definition) is 7.